The molecule has 1 heterocycles. The SMILES string of the molecule is Cc1cc(S(=O)(=O)N2CC(C)C(N(C)C)C2)ccc1Br. The normalized spacial score (nSPS) is 24.5. The van der Waals surface area contributed by atoms with E-state index in [0.717, 1.165) is 10.0 Å². The van der Waals surface area contributed by atoms with Gasteiger partial charge in [0.05, 0.1) is 4.90 Å². The molecule has 1 aromatic rings. The van der Waals surface area contributed by atoms with Crippen molar-refractivity contribution < 1.29 is 8.42 Å². The van der Waals surface area contributed by atoms with Crippen LogP contribution in [0.2, 0.25) is 0 Å². The van der Waals surface area contributed by atoms with Gasteiger partial charge in [-0.2, -0.15) is 4.31 Å². The number of halogens is 1. The van der Waals surface area contributed by atoms with E-state index in [1.807, 2.05) is 21.0 Å². The molecule has 20 heavy (non-hydrogen) atoms. The van der Waals surface area contributed by atoms with Crippen molar-refractivity contribution in [3.8, 4) is 0 Å². The summed E-state index contributed by atoms with van der Waals surface area (Å²) in [5.74, 6) is 0.344. The molecule has 0 amide bonds. The molecule has 1 aromatic carbocycles. The maximum atomic E-state index is 12.7. The highest BCUT2D eigenvalue weighted by atomic mass is 79.9. The highest BCUT2D eigenvalue weighted by Gasteiger charge is 2.38. The third-order valence-electron chi connectivity index (χ3n) is 3.97. The zero-order chi connectivity index (χ0) is 15.1. The maximum absolute atomic E-state index is 12.7. The second-order valence-corrected chi connectivity index (χ2v) is 8.53. The molecule has 4 nitrogen and oxygen atoms in total. The number of sulfonamides is 1. The van der Waals surface area contributed by atoms with Crippen molar-refractivity contribution in [2.75, 3.05) is 27.2 Å². The van der Waals surface area contributed by atoms with Crippen LogP contribution in [0.5, 0.6) is 0 Å². The van der Waals surface area contributed by atoms with Gasteiger partial charge in [0.25, 0.3) is 0 Å². The first-order valence-electron chi connectivity index (χ1n) is 6.66. The lowest BCUT2D eigenvalue weighted by atomic mass is 10.1. The van der Waals surface area contributed by atoms with E-state index < -0.39 is 10.0 Å². The Bertz CT molecular complexity index is 601. The van der Waals surface area contributed by atoms with Crippen LogP contribution in [0.25, 0.3) is 0 Å². The zero-order valence-corrected chi connectivity index (χ0v) is 14.7. The Morgan fingerprint density at radius 2 is 1.95 bits per heavy atom. The van der Waals surface area contributed by atoms with E-state index in [2.05, 4.69) is 27.8 Å². The number of nitrogens with zero attached hydrogens (tertiary/aromatic N) is 2. The van der Waals surface area contributed by atoms with Crippen molar-refractivity contribution in [2.24, 2.45) is 5.92 Å². The lowest BCUT2D eigenvalue weighted by Gasteiger charge is -2.22. The minimum atomic E-state index is -3.39. The average Bonchev–Trinajstić information content (AvgIpc) is 2.75. The summed E-state index contributed by atoms with van der Waals surface area (Å²) < 4.78 is 27.9. The number of likely N-dealkylation sites (N-methyl/N-ethyl adjacent to an activating group) is 1. The van der Waals surface area contributed by atoms with Gasteiger partial charge >= 0.3 is 0 Å². The summed E-state index contributed by atoms with van der Waals surface area (Å²) in [5.41, 5.74) is 0.933. The van der Waals surface area contributed by atoms with Crippen LogP contribution in [0.3, 0.4) is 0 Å². The van der Waals surface area contributed by atoms with Gasteiger partial charge in [-0.25, -0.2) is 8.42 Å². The van der Waals surface area contributed by atoms with E-state index in [-0.39, 0.29) is 6.04 Å². The summed E-state index contributed by atoms with van der Waals surface area (Å²) in [6.07, 6.45) is 0. The number of hydrogen-bond acceptors (Lipinski definition) is 3. The molecule has 0 N–H and O–H groups in total. The Balaban J connectivity index is 2.30. The van der Waals surface area contributed by atoms with Crippen molar-refractivity contribution >= 4 is 26.0 Å². The topological polar surface area (TPSA) is 40.6 Å². The van der Waals surface area contributed by atoms with E-state index >= 15 is 0 Å². The fraction of sp³-hybridized carbons (Fsp3) is 0.571. The summed E-state index contributed by atoms with van der Waals surface area (Å²) in [4.78, 5) is 2.48. The van der Waals surface area contributed by atoms with Crippen molar-refractivity contribution in [3.63, 3.8) is 0 Å². The maximum Gasteiger partial charge on any atom is 0.243 e. The Hall–Kier alpha value is -0.430. The smallest absolute Gasteiger partial charge is 0.243 e. The van der Waals surface area contributed by atoms with Gasteiger partial charge in [-0.3, -0.25) is 0 Å². The van der Waals surface area contributed by atoms with Crippen LogP contribution in [-0.4, -0.2) is 50.8 Å². The van der Waals surface area contributed by atoms with E-state index in [1.54, 1.807) is 22.5 Å². The van der Waals surface area contributed by atoms with Crippen molar-refractivity contribution in [1.29, 1.82) is 0 Å². The van der Waals surface area contributed by atoms with E-state index in [9.17, 15) is 8.42 Å². The fourth-order valence-corrected chi connectivity index (χ4v) is 4.59. The van der Waals surface area contributed by atoms with Gasteiger partial charge in [0.2, 0.25) is 10.0 Å². The zero-order valence-electron chi connectivity index (χ0n) is 12.3. The quantitative estimate of drug-likeness (QED) is 0.830. The van der Waals surface area contributed by atoms with Gasteiger partial charge in [0.15, 0.2) is 0 Å². The first-order chi connectivity index (χ1) is 9.23. The molecular formula is C14H21BrN2O2S. The van der Waals surface area contributed by atoms with Crippen LogP contribution in [0.4, 0.5) is 0 Å². The van der Waals surface area contributed by atoms with E-state index in [0.29, 0.717) is 23.9 Å². The molecule has 2 unspecified atom stereocenters. The molecule has 1 aliphatic rings. The molecule has 1 saturated heterocycles. The predicted octanol–water partition coefficient (Wildman–Crippen LogP) is 2.33. The van der Waals surface area contributed by atoms with Crippen LogP contribution in [0, 0.1) is 12.8 Å². The van der Waals surface area contributed by atoms with Gasteiger partial charge in [-0.05, 0) is 50.7 Å². The standard InChI is InChI=1S/C14H21BrN2O2S/c1-10-7-12(5-6-13(10)15)20(18,19)17-8-11(2)14(9-17)16(3)4/h5-7,11,14H,8-9H2,1-4H3. The molecule has 6 heteroatoms. The predicted molar refractivity (Wildman–Crippen MR) is 84.3 cm³/mol. The summed E-state index contributed by atoms with van der Waals surface area (Å²) >= 11 is 3.40. The van der Waals surface area contributed by atoms with E-state index in [4.69, 9.17) is 0 Å². The number of rotatable bonds is 3. The monoisotopic (exact) mass is 360 g/mol. The molecule has 0 bridgehead atoms. The van der Waals surface area contributed by atoms with Crippen molar-refractivity contribution in [1.82, 2.24) is 9.21 Å². The Morgan fingerprint density at radius 3 is 2.45 bits per heavy atom. The minimum absolute atomic E-state index is 0.279. The number of hydrogen-bond donors (Lipinski definition) is 0. The summed E-state index contributed by atoms with van der Waals surface area (Å²) in [7, 11) is 0.611. The summed E-state index contributed by atoms with van der Waals surface area (Å²) in [5, 5.41) is 0. The van der Waals surface area contributed by atoms with Crippen molar-refractivity contribution in [2.45, 2.75) is 24.8 Å². The molecule has 0 radical (unpaired) electrons. The number of benzene rings is 1. The van der Waals surface area contributed by atoms with Crippen LogP contribution < -0.4 is 0 Å². The molecule has 2 rings (SSSR count). The molecule has 112 valence electrons. The average molecular weight is 361 g/mol. The molecule has 0 aliphatic carbocycles. The van der Waals surface area contributed by atoms with Crippen LogP contribution in [-0.2, 0) is 10.0 Å². The molecule has 0 spiro atoms. The molecule has 2 atom stereocenters. The molecular weight excluding hydrogens is 340 g/mol. The second-order valence-electron chi connectivity index (χ2n) is 5.74. The fourth-order valence-electron chi connectivity index (χ4n) is 2.70. The largest absolute Gasteiger partial charge is 0.305 e. The molecule has 1 fully saturated rings. The van der Waals surface area contributed by atoms with Gasteiger partial charge in [0, 0.05) is 23.6 Å². The van der Waals surface area contributed by atoms with Crippen LogP contribution >= 0.6 is 15.9 Å². The lowest BCUT2D eigenvalue weighted by molar-refractivity contribution is 0.263. The third-order valence-corrected chi connectivity index (χ3v) is 6.69. The molecule has 1 aliphatic heterocycles. The molecule has 0 saturated carbocycles. The first-order valence-corrected chi connectivity index (χ1v) is 8.89. The number of aryl methyl sites for hydroxylation is 1. The van der Waals surface area contributed by atoms with Gasteiger partial charge < -0.3 is 4.90 Å². The van der Waals surface area contributed by atoms with Crippen LogP contribution in [0.15, 0.2) is 27.6 Å². The Labute approximate surface area is 129 Å². The Kier molecular flexibility index (Phi) is 4.59. The minimum Gasteiger partial charge on any atom is -0.305 e. The third kappa shape index (κ3) is 2.93. The van der Waals surface area contributed by atoms with Gasteiger partial charge in [-0.15, -0.1) is 0 Å². The second kappa shape index (κ2) is 5.75. The Morgan fingerprint density at radius 1 is 1.30 bits per heavy atom. The van der Waals surface area contributed by atoms with Crippen LogP contribution in [0.1, 0.15) is 12.5 Å². The summed E-state index contributed by atoms with van der Waals surface area (Å²) in [6.45, 7) is 5.15. The molecule has 0 aromatic heterocycles. The van der Waals surface area contributed by atoms with E-state index in [1.165, 1.54) is 0 Å². The van der Waals surface area contributed by atoms with Crippen molar-refractivity contribution in [3.05, 3.63) is 28.2 Å². The highest BCUT2D eigenvalue weighted by molar-refractivity contribution is 9.10. The van der Waals surface area contributed by atoms with Gasteiger partial charge in [0.1, 0.15) is 0 Å². The summed E-state index contributed by atoms with van der Waals surface area (Å²) in [6, 6.07) is 5.47. The van der Waals surface area contributed by atoms with Gasteiger partial charge in [-0.1, -0.05) is 22.9 Å². The lowest BCUT2D eigenvalue weighted by Crippen LogP contribution is -2.35. The highest BCUT2D eigenvalue weighted by Crippen LogP contribution is 2.28. The first kappa shape index (κ1) is 15.9.